The van der Waals surface area contributed by atoms with Gasteiger partial charge in [0.2, 0.25) is 0 Å². The van der Waals surface area contributed by atoms with Crippen LogP contribution in [0.15, 0.2) is 54.9 Å². The lowest BCUT2D eigenvalue weighted by Crippen LogP contribution is -2.24. The summed E-state index contributed by atoms with van der Waals surface area (Å²) < 4.78 is 2.01. The number of hydrogen-bond donors (Lipinski definition) is 0. The number of carbonyl (C=O) groups is 1. The molecular formula is C18H16N2O. The van der Waals surface area contributed by atoms with Gasteiger partial charge in [-0.2, -0.15) is 0 Å². The number of hydrogen-bond acceptors (Lipinski definition) is 2. The Bertz CT molecular complexity index is 786. The van der Waals surface area contributed by atoms with Crippen LogP contribution in [0.3, 0.4) is 0 Å². The summed E-state index contributed by atoms with van der Waals surface area (Å²) in [5.74, 6) is 0.332. The molecule has 0 saturated carbocycles. The highest BCUT2D eigenvalue weighted by Gasteiger charge is 2.27. The lowest BCUT2D eigenvalue weighted by Gasteiger charge is -2.22. The Balaban J connectivity index is 1.62. The number of fused-ring (bicyclic) bond motifs is 2. The standard InChI is InChI=1S/C18H16N2O/c21-18-14(9-8-13-5-1-2-6-16(13)18)11-15-12-20-10-4-3-7-17(20)19-15/h1-7,10,12,14H,8-9,11H2. The lowest BCUT2D eigenvalue weighted by atomic mass is 9.81. The Labute approximate surface area is 123 Å². The second-order valence-electron chi connectivity index (χ2n) is 5.66. The van der Waals surface area contributed by atoms with E-state index in [4.69, 9.17) is 0 Å². The molecule has 3 aromatic rings. The minimum Gasteiger partial charge on any atom is -0.307 e. The first kappa shape index (κ1) is 12.3. The highest BCUT2D eigenvalue weighted by atomic mass is 16.1. The Morgan fingerprint density at radius 1 is 1.14 bits per heavy atom. The number of pyridine rings is 1. The third-order valence-corrected chi connectivity index (χ3v) is 4.29. The van der Waals surface area contributed by atoms with Crippen molar-refractivity contribution in [1.82, 2.24) is 9.38 Å². The third-order valence-electron chi connectivity index (χ3n) is 4.29. The molecule has 4 rings (SSSR count). The summed E-state index contributed by atoms with van der Waals surface area (Å²) in [6.07, 6.45) is 6.66. The fourth-order valence-electron chi connectivity index (χ4n) is 3.19. The fraction of sp³-hybridized carbons (Fsp3) is 0.222. The van der Waals surface area contributed by atoms with Gasteiger partial charge in [0, 0.05) is 30.3 Å². The van der Waals surface area contributed by atoms with Gasteiger partial charge in [0.25, 0.3) is 0 Å². The van der Waals surface area contributed by atoms with Crippen molar-refractivity contribution in [3.05, 3.63) is 71.7 Å². The summed E-state index contributed by atoms with van der Waals surface area (Å²) in [6.45, 7) is 0. The highest BCUT2D eigenvalue weighted by molar-refractivity contribution is 6.00. The smallest absolute Gasteiger partial charge is 0.166 e. The molecule has 2 heterocycles. The molecule has 0 amide bonds. The first-order valence-corrected chi connectivity index (χ1v) is 7.36. The van der Waals surface area contributed by atoms with Crippen molar-refractivity contribution in [3.63, 3.8) is 0 Å². The average molecular weight is 276 g/mol. The zero-order valence-corrected chi connectivity index (χ0v) is 11.7. The van der Waals surface area contributed by atoms with Crippen LogP contribution in [0.4, 0.5) is 0 Å². The second kappa shape index (κ2) is 4.85. The molecule has 1 aromatic carbocycles. The van der Waals surface area contributed by atoms with Crippen LogP contribution < -0.4 is 0 Å². The van der Waals surface area contributed by atoms with Gasteiger partial charge in [0.1, 0.15) is 5.65 Å². The molecule has 3 heteroatoms. The Morgan fingerprint density at radius 2 is 2.00 bits per heavy atom. The zero-order chi connectivity index (χ0) is 14.2. The van der Waals surface area contributed by atoms with Crippen LogP contribution in [-0.4, -0.2) is 15.2 Å². The van der Waals surface area contributed by atoms with Gasteiger partial charge in [0.15, 0.2) is 5.78 Å². The maximum atomic E-state index is 12.6. The molecule has 0 aliphatic heterocycles. The zero-order valence-electron chi connectivity index (χ0n) is 11.7. The maximum absolute atomic E-state index is 12.6. The number of aromatic nitrogens is 2. The second-order valence-corrected chi connectivity index (χ2v) is 5.66. The van der Waals surface area contributed by atoms with E-state index in [2.05, 4.69) is 11.1 Å². The fourth-order valence-corrected chi connectivity index (χ4v) is 3.19. The third kappa shape index (κ3) is 2.15. The molecule has 2 aromatic heterocycles. The van der Waals surface area contributed by atoms with E-state index in [1.807, 2.05) is 53.2 Å². The summed E-state index contributed by atoms with van der Waals surface area (Å²) in [5, 5.41) is 0. The predicted octanol–water partition coefficient (Wildman–Crippen LogP) is 3.32. The van der Waals surface area contributed by atoms with Crippen molar-refractivity contribution < 1.29 is 4.79 Å². The largest absolute Gasteiger partial charge is 0.307 e. The molecule has 0 fully saturated rings. The number of aryl methyl sites for hydroxylation is 1. The number of ketones is 1. The topological polar surface area (TPSA) is 34.4 Å². The number of Topliss-reactive ketones (excluding diaryl/α,β-unsaturated/α-hetero) is 1. The quantitative estimate of drug-likeness (QED) is 0.719. The number of benzene rings is 1. The van der Waals surface area contributed by atoms with E-state index in [-0.39, 0.29) is 11.7 Å². The van der Waals surface area contributed by atoms with E-state index in [0.29, 0.717) is 0 Å². The lowest BCUT2D eigenvalue weighted by molar-refractivity contribution is 0.0900. The van der Waals surface area contributed by atoms with Crippen molar-refractivity contribution in [2.75, 3.05) is 0 Å². The van der Waals surface area contributed by atoms with Crippen molar-refractivity contribution in [1.29, 1.82) is 0 Å². The van der Waals surface area contributed by atoms with E-state index in [9.17, 15) is 4.79 Å². The first-order valence-electron chi connectivity index (χ1n) is 7.36. The summed E-state index contributed by atoms with van der Waals surface area (Å²) >= 11 is 0. The van der Waals surface area contributed by atoms with Gasteiger partial charge in [-0.25, -0.2) is 4.98 Å². The Hall–Kier alpha value is -2.42. The number of imidazole rings is 1. The molecule has 0 N–H and O–H groups in total. The molecule has 21 heavy (non-hydrogen) atoms. The summed E-state index contributed by atoms with van der Waals surface area (Å²) in [7, 11) is 0. The molecule has 0 radical (unpaired) electrons. The number of nitrogens with zero attached hydrogens (tertiary/aromatic N) is 2. The van der Waals surface area contributed by atoms with Crippen LogP contribution in [0.2, 0.25) is 0 Å². The van der Waals surface area contributed by atoms with E-state index >= 15 is 0 Å². The van der Waals surface area contributed by atoms with Crippen molar-refractivity contribution in [2.24, 2.45) is 5.92 Å². The normalized spacial score (nSPS) is 17.9. The Morgan fingerprint density at radius 3 is 2.90 bits per heavy atom. The van der Waals surface area contributed by atoms with Crippen LogP contribution in [0.25, 0.3) is 5.65 Å². The molecule has 1 atom stereocenters. The summed E-state index contributed by atoms with van der Waals surface area (Å²) in [6, 6.07) is 13.9. The maximum Gasteiger partial charge on any atom is 0.166 e. The number of rotatable bonds is 2. The van der Waals surface area contributed by atoms with Gasteiger partial charge >= 0.3 is 0 Å². The van der Waals surface area contributed by atoms with E-state index in [1.165, 1.54) is 5.56 Å². The average Bonchev–Trinajstić information content (AvgIpc) is 2.93. The van der Waals surface area contributed by atoms with E-state index < -0.39 is 0 Å². The molecule has 1 aliphatic carbocycles. The van der Waals surface area contributed by atoms with Crippen molar-refractivity contribution >= 4 is 11.4 Å². The molecule has 0 saturated heterocycles. The van der Waals surface area contributed by atoms with E-state index in [1.54, 1.807) is 0 Å². The van der Waals surface area contributed by atoms with Crippen molar-refractivity contribution in [2.45, 2.75) is 19.3 Å². The predicted molar refractivity (Wildman–Crippen MR) is 81.5 cm³/mol. The SMILES string of the molecule is O=C1c2ccccc2CCC1Cc1cn2ccccc2n1. The van der Waals surface area contributed by atoms with Crippen LogP contribution in [0.1, 0.15) is 28.0 Å². The minimum absolute atomic E-state index is 0.0600. The molecule has 1 unspecified atom stereocenters. The molecule has 1 aliphatic rings. The van der Waals surface area contributed by atoms with Crippen LogP contribution in [0, 0.1) is 5.92 Å². The first-order chi connectivity index (χ1) is 10.3. The van der Waals surface area contributed by atoms with Gasteiger partial charge in [-0.3, -0.25) is 4.79 Å². The van der Waals surface area contributed by atoms with Gasteiger partial charge in [0.05, 0.1) is 5.69 Å². The van der Waals surface area contributed by atoms with Gasteiger partial charge < -0.3 is 4.40 Å². The van der Waals surface area contributed by atoms with Gasteiger partial charge in [-0.15, -0.1) is 0 Å². The molecule has 0 spiro atoms. The minimum atomic E-state index is 0.0600. The Kier molecular flexibility index (Phi) is 2.85. The van der Waals surface area contributed by atoms with Crippen LogP contribution in [0.5, 0.6) is 0 Å². The molecule has 0 bridgehead atoms. The van der Waals surface area contributed by atoms with Gasteiger partial charge in [-0.1, -0.05) is 30.3 Å². The van der Waals surface area contributed by atoms with Crippen molar-refractivity contribution in [3.8, 4) is 0 Å². The van der Waals surface area contributed by atoms with Crippen LogP contribution in [-0.2, 0) is 12.8 Å². The highest BCUT2D eigenvalue weighted by Crippen LogP contribution is 2.27. The molecule has 3 nitrogen and oxygen atoms in total. The number of carbonyl (C=O) groups excluding carboxylic acids is 1. The summed E-state index contributed by atoms with van der Waals surface area (Å²) in [4.78, 5) is 17.2. The van der Waals surface area contributed by atoms with Crippen LogP contribution >= 0.6 is 0 Å². The van der Waals surface area contributed by atoms with Gasteiger partial charge in [-0.05, 0) is 30.5 Å². The van der Waals surface area contributed by atoms with E-state index in [0.717, 1.165) is 36.2 Å². The summed E-state index contributed by atoms with van der Waals surface area (Å²) in [5.41, 5.74) is 4.03. The molecule has 104 valence electrons. The molecular weight excluding hydrogens is 260 g/mol. The monoisotopic (exact) mass is 276 g/mol.